The van der Waals surface area contributed by atoms with E-state index in [4.69, 9.17) is 0 Å². The van der Waals surface area contributed by atoms with Gasteiger partial charge in [-0.3, -0.25) is 0 Å². The van der Waals surface area contributed by atoms with Crippen molar-refractivity contribution in [1.82, 2.24) is 0 Å². The summed E-state index contributed by atoms with van der Waals surface area (Å²) in [6.45, 7) is 1.96. The van der Waals surface area contributed by atoms with Gasteiger partial charge in [0.05, 0.1) is 6.61 Å². The Labute approximate surface area is 113 Å². The number of hydrogen-bond donors (Lipinski definition) is 1. The molecule has 0 heterocycles. The minimum absolute atomic E-state index is 0.263. The van der Waals surface area contributed by atoms with Gasteiger partial charge < -0.3 is 9.84 Å². The molecule has 0 aromatic heterocycles. The van der Waals surface area contributed by atoms with Gasteiger partial charge in [-0.2, -0.15) is 0 Å². The van der Waals surface area contributed by atoms with Gasteiger partial charge in [0.2, 0.25) is 0 Å². The van der Waals surface area contributed by atoms with E-state index in [2.05, 4.69) is 4.74 Å². The van der Waals surface area contributed by atoms with Crippen LogP contribution in [0, 0.1) is 0 Å². The molecule has 0 amide bonds. The Kier molecular flexibility index (Phi) is 6.98. The molecular weight excluding hydrogens is 240 g/mol. The highest BCUT2D eigenvalue weighted by molar-refractivity contribution is 5.76. The summed E-state index contributed by atoms with van der Waals surface area (Å²) in [5.41, 5.74) is 1.11. The van der Waals surface area contributed by atoms with E-state index >= 15 is 0 Å². The van der Waals surface area contributed by atoms with E-state index in [1.807, 2.05) is 48.6 Å². The second-order valence-corrected chi connectivity index (χ2v) is 3.74. The monoisotopic (exact) mass is 258 g/mol. The van der Waals surface area contributed by atoms with E-state index in [1.165, 1.54) is 6.08 Å². The number of aliphatic hydroxyl groups excluding tert-OH is 1. The molecule has 0 aliphatic carbocycles. The van der Waals surface area contributed by atoms with Crippen molar-refractivity contribution in [3.63, 3.8) is 0 Å². The summed E-state index contributed by atoms with van der Waals surface area (Å²) >= 11 is 0. The molecule has 1 N–H and O–H groups in total. The number of carbonyl (C=O) groups is 1. The summed E-state index contributed by atoms with van der Waals surface area (Å²) in [6, 6.07) is 9.92. The molecule has 0 fully saturated rings. The van der Waals surface area contributed by atoms with Crippen LogP contribution in [-0.2, 0) is 9.53 Å². The Morgan fingerprint density at radius 2 is 1.89 bits per heavy atom. The van der Waals surface area contributed by atoms with Crippen LogP contribution in [0.3, 0.4) is 0 Å². The fourth-order valence-corrected chi connectivity index (χ4v) is 1.33. The first kappa shape index (κ1) is 14.9. The molecule has 3 heteroatoms. The molecule has 1 rings (SSSR count). The Morgan fingerprint density at radius 3 is 2.58 bits per heavy atom. The summed E-state index contributed by atoms with van der Waals surface area (Å²) in [7, 11) is 0. The Hall–Kier alpha value is -2.13. The van der Waals surface area contributed by atoms with Crippen molar-refractivity contribution in [1.29, 1.82) is 0 Å². The quantitative estimate of drug-likeness (QED) is 0.630. The van der Waals surface area contributed by atoms with Gasteiger partial charge in [-0.25, -0.2) is 4.79 Å². The van der Waals surface area contributed by atoms with Gasteiger partial charge in [0.25, 0.3) is 0 Å². The molecule has 0 saturated heterocycles. The number of allylic oxidation sites excluding steroid dienone is 4. The number of aliphatic hydroxyl groups is 1. The van der Waals surface area contributed by atoms with Crippen LogP contribution in [-0.4, -0.2) is 23.8 Å². The summed E-state index contributed by atoms with van der Waals surface area (Å²) in [5.74, 6) is -0.632. The molecule has 1 aromatic rings. The van der Waals surface area contributed by atoms with Crippen LogP contribution in [0.5, 0.6) is 0 Å². The van der Waals surface area contributed by atoms with E-state index in [0.717, 1.165) is 5.56 Å². The summed E-state index contributed by atoms with van der Waals surface area (Å²) in [5, 5.41) is 9.37. The van der Waals surface area contributed by atoms with Crippen molar-refractivity contribution in [2.45, 2.75) is 13.0 Å². The number of benzene rings is 1. The smallest absolute Gasteiger partial charge is 0.339 e. The Balaban J connectivity index is 2.38. The van der Waals surface area contributed by atoms with Crippen molar-refractivity contribution < 1.29 is 14.6 Å². The highest BCUT2D eigenvalue weighted by Crippen LogP contribution is 2.00. The van der Waals surface area contributed by atoms with Crippen molar-refractivity contribution in [2.24, 2.45) is 0 Å². The first-order chi connectivity index (χ1) is 9.24. The molecule has 19 heavy (non-hydrogen) atoms. The van der Waals surface area contributed by atoms with E-state index in [0.29, 0.717) is 0 Å². The van der Waals surface area contributed by atoms with Gasteiger partial charge >= 0.3 is 5.97 Å². The number of rotatable bonds is 6. The third kappa shape index (κ3) is 6.38. The second-order valence-electron chi connectivity index (χ2n) is 3.74. The van der Waals surface area contributed by atoms with Crippen LogP contribution >= 0.6 is 0 Å². The molecule has 1 aromatic carbocycles. The molecule has 0 saturated carbocycles. The number of ether oxygens (including phenoxy) is 1. The number of carbonyl (C=O) groups excluding carboxylic acids is 1. The van der Waals surface area contributed by atoms with E-state index in [-0.39, 0.29) is 6.61 Å². The van der Waals surface area contributed by atoms with Crippen molar-refractivity contribution >= 4 is 12.0 Å². The van der Waals surface area contributed by atoms with Crippen molar-refractivity contribution in [3.05, 3.63) is 66.3 Å². The Bertz CT molecular complexity index is 458. The standard InChI is InChI=1S/C16H18O3/c1-2-19-16(18)15(17)13-9-4-3-6-10-14-11-7-5-8-12-14/h3-13,15,17H,2H2,1H3/b4-3+,10-6+,13-9+/t15-/m1/s1. The largest absolute Gasteiger partial charge is 0.464 e. The molecule has 0 aliphatic rings. The lowest BCUT2D eigenvalue weighted by molar-refractivity contribution is -0.150. The summed E-state index contributed by atoms with van der Waals surface area (Å²) in [4.78, 5) is 11.1. The van der Waals surface area contributed by atoms with E-state index in [9.17, 15) is 9.90 Å². The minimum atomic E-state index is -1.21. The second kappa shape index (κ2) is 8.89. The molecule has 0 radical (unpaired) electrons. The fourth-order valence-electron chi connectivity index (χ4n) is 1.33. The molecule has 0 aliphatic heterocycles. The zero-order chi connectivity index (χ0) is 13.9. The zero-order valence-electron chi connectivity index (χ0n) is 10.9. The van der Waals surface area contributed by atoms with Gasteiger partial charge in [-0.1, -0.05) is 60.7 Å². The fraction of sp³-hybridized carbons (Fsp3) is 0.188. The predicted octanol–water partition coefficient (Wildman–Crippen LogP) is 2.74. The third-order valence-electron chi connectivity index (χ3n) is 2.24. The van der Waals surface area contributed by atoms with Crippen LogP contribution < -0.4 is 0 Å². The van der Waals surface area contributed by atoms with E-state index < -0.39 is 12.1 Å². The molecule has 0 bridgehead atoms. The SMILES string of the molecule is CCOC(=O)[C@H](O)/C=C/C=C/C=C/c1ccccc1. The van der Waals surface area contributed by atoms with Crippen LogP contribution in [0.4, 0.5) is 0 Å². The molecule has 3 nitrogen and oxygen atoms in total. The highest BCUT2D eigenvalue weighted by atomic mass is 16.5. The van der Waals surface area contributed by atoms with Gasteiger partial charge in [0.1, 0.15) is 0 Å². The van der Waals surface area contributed by atoms with Gasteiger partial charge in [0.15, 0.2) is 6.10 Å². The van der Waals surface area contributed by atoms with Crippen LogP contribution in [0.1, 0.15) is 12.5 Å². The van der Waals surface area contributed by atoms with Crippen LogP contribution in [0.25, 0.3) is 6.08 Å². The van der Waals surface area contributed by atoms with Crippen LogP contribution in [0.15, 0.2) is 60.7 Å². The average Bonchev–Trinajstić information content (AvgIpc) is 2.43. The maximum absolute atomic E-state index is 11.1. The number of hydrogen-bond acceptors (Lipinski definition) is 3. The maximum atomic E-state index is 11.1. The van der Waals surface area contributed by atoms with Gasteiger partial charge in [-0.05, 0) is 18.6 Å². The highest BCUT2D eigenvalue weighted by Gasteiger charge is 2.10. The first-order valence-corrected chi connectivity index (χ1v) is 6.15. The molecule has 1 atom stereocenters. The normalized spacial score (nSPS) is 13.4. The molecular formula is C16H18O3. The predicted molar refractivity (Wildman–Crippen MR) is 76.4 cm³/mol. The zero-order valence-corrected chi connectivity index (χ0v) is 10.9. The van der Waals surface area contributed by atoms with Crippen molar-refractivity contribution in [2.75, 3.05) is 6.61 Å². The molecule has 0 spiro atoms. The molecule has 100 valence electrons. The average molecular weight is 258 g/mol. The first-order valence-electron chi connectivity index (χ1n) is 6.15. The lowest BCUT2D eigenvalue weighted by atomic mass is 10.2. The van der Waals surface area contributed by atoms with Crippen LogP contribution in [0.2, 0.25) is 0 Å². The lowest BCUT2D eigenvalue weighted by Gasteiger charge is -2.03. The van der Waals surface area contributed by atoms with Crippen molar-refractivity contribution in [3.8, 4) is 0 Å². The minimum Gasteiger partial charge on any atom is -0.464 e. The van der Waals surface area contributed by atoms with E-state index in [1.54, 1.807) is 19.1 Å². The third-order valence-corrected chi connectivity index (χ3v) is 2.24. The molecule has 0 unspecified atom stereocenters. The number of esters is 1. The van der Waals surface area contributed by atoms with Gasteiger partial charge in [0, 0.05) is 0 Å². The maximum Gasteiger partial charge on any atom is 0.339 e. The lowest BCUT2D eigenvalue weighted by Crippen LogP contribution is -2.20. The van der Waals surface area contributed by atoms with Gasteiger partial charge in [-0.15, -0.1) is 0 Å². The summed E-state index contributed by atoms with van der Waals surface area (Å²) < 4.78 is 4.66. The topological polar surface area (TPSA) is 46.5 Å². The Morgan fingerprint density at radius 1 is 1.21 bits per heavy atom. The summed E-state index contributed by atoms with van der Waals surface area (Å²) in [6.07, 6.45) is 9.19.